The molecular weight excluding hydrogens is 382 g/mol. The molecule has 28 heavy (non-hydrogen) atoms. The number of hydrogen-bond donors (Lipinski definition) is 1. The van der Waals surface area contributed by atoms with Gasteiger partial charge in [-0.25, -0.2) is 13.2 Å². The Hall–Kier alpha value is -2.42. The summed E-state index contributed by atoms with van der Waals surface area (Å²) in [5, 5.41) is 2.70. The fourth-order valence-corrected chi connectivity index (χ4v) is 5.59. The van der Waals surface area contributed by atoms with Gasteiger partial charge < -0.3 is 10.2 Å². The van der Waals surface area contributed by atoms with Crippen molar-refractivity contribution in [3.8, 4) is 0 Å². The van der Waals surface area contributed by atoms with Crippen LogP contribution in [-0.2, 0) is 19.4 Å². The lowest BCUT2D eigenvalue weighted by molar-refractivity contribution is -0.134. The van der Waals surface area contributed by atoms with Crippen LogP contribution in [0.15, 0.2) is 30.3 Å². The first-order valence-electron chi connectivity index (χ1n) is 9.44. The van der Waals surface area contributed by atoms with Crippen molar-refractivity contribution in [2.24, 2.45) is 0 Å². The summed E-state index contributed by atoms with van der Waals surface area (Å²) < 4.78 is 23.9. The molecule has 1 aromatic carbocycles. The fraction of sp³-hybridized carbons (Fsp3) is 0.526. The predicted molar refractivity (Wildman–Crippen MR) is 105 cm³/mol. The van der Waals surface area contributed by atoms with Gasteiger partial charge in [-0.15, -0.1) is 0 Å². The molecule has 1 N–H and O–H groups in total. The lowest BCUT2D eigenvalue weighted by Gasteiger charge is -2.30. The van der Waals surface area contributed by atoms with Gasteiger partial charge in [-0.2, -0.15) is 0 Å². The third-order valence-electron chi connectivity index (χ3n) is 5.62. The predicted octanol–water partition coefficient (Wildman–Crippen LogP) is 1.32. The average molecular weight is 407 g/mol. The zero-order valence-electron chi connectivity index (χ0n) is 16.1. The molecule has 0 radical (unpaired) electrons. The standard InChI is InChI=1S/C19H25N3O5S/c1-3-19(4-2)17(24)21(18(25)20-19)12-16(23)22(14-8-6-5-7-9-14)15-10-11-28(26,27)13-15/h5-9,15H,3-4,10-13H2,1-2H3,(H,20,25)/t15-/m1/s1. The van der Waals surface area contributed by atoms with Gasteiger partial charge in [-0.1, -0.05) is 32.0 Å². The van der Waals surface area contributed by atoms with Crippen molar-refractivity contribution in [1.29, 1.82) is 0 Å². The van der Waals surface area contributed by atoms with Crippen molar-refractivity contribution in [2.75, 3.05) is 23.0 Å². The number of sulfone groups is 1. The first-order chi connectivity index (χ1) is 13.2. The Balaban J connectivity index is 1.86. The van der Waals surface area contributed by atoms with E-state index in [0.29, 0.717) is 24.9 Å². The Morgan fingerprint density at radius 2 is 1.86 bits per heavy atom. The summed E-state index contributed by atoms with van der Waals surface area (Å²) in [5.41, 5.74) is -0.426. The van der Waals surface area contributed by atoms with Gasteiger partial charge in [0.1, 0.15) is 12.1 Å². The largest absolute Gasteiger partial charge is 0.325 e. The Kier molecular flexibility index (Phi) is 5.47. The molecular formula is C19H25N3O5S. The Morgan fingerprint density at radius 3 is 2.36 bits per heavy atom. The van der Waals surface area contributed by atoms with E-state index < -0.39 is 45.8 Å². The highest BCUT2D eigenvalue weighted by Crippen LogP contribution is 2.27. The van der Waals surface area contributed by atoms with Crippen molar-refractivity contribution in [3.05, 3.63) is 30.3 Å². The van der Waals surface area contributed by atoms with E-state index in [1.54, 1.807) is 30.3 Å². The maximum absolute atomic E-state index is 13.1. The fourth-order valence-electron chi connectivity index (χ4n) is 3.89. The zero-order valence-corrected chi connectivity index (χ0v) is 16.9. The molecule has 0 unspecified atom stereocenters. The highest BCUT2D eigenvalue weighted by Gasteiger charge is 2.50. The number of nitrogens with one attached hydrogen (secondary N) is 1. The molecule has 0 spiro atoms. The zero-order chi connectivity index (χ0) is 20.5. The highest BCUT2D eigenvalue weighted by atomic mass is 32.2. The van der Waals surface area contributed by atoms with E-state index >= 15 is 0 Å². The first kappa shape index (κ1) is 20.3. The van der Waals surface area contributed by atoms with Gasteiger partial charge in [0, 0.05) is 5.69 Å². The molecule has 0 aliphatic carbocycles. The van der Waals surface area contributed by atoms with E-state index in [4.69, 9.17) is 0 Å². The minimum Gasteiger partial charge on any atom is -0.323 e. The summed E-state index contributed by atoms with van der Waals surface area (Å²) in [7, 11) is -3.21. The van der Waals surface area contributed by atoms with Crippen LogP contribution < -0.4 is 10.2 Å². The number of carbonyl (C=O) groups is 3. The molecule has 9 heteroatoms. The minimum atomic E-state index is -3.21. The smallest absolute Gasteiger partial charge is 0.323 e. The van der Waals surface area contributed by atoms with Crippen molar-refractivity contribution < 1.29 is 22.8 Å². The molecule has 1 aromatic rings. The Bertz CT molecular complexity index is 880. The summed E-state index contributed by atoms with van der Waals surface area (Å²) >= 11 is 0. The van der Waals surface area contributed by atoms with Crippen LogP contribution in [0.25, 0.3) is 0 Å². The molecule has 2 heterocycles. The van der Waals surface area contributed by atoms with Crippen molar-refractivity contribution >= 4 is 33.4 Å². The molecule has 2 aliphatic rings. The number of rotatable bonds is 6. The second-order valence-corrected chi connectivity index (χ2v) is 9.50. The molecule has 2 fully saturated rings. The molecule has 3 rings (SSSR count). The minimum absolute atomic E-state index is 0.0200. The monoisotopic (exact) mass is 407 g/mol. The van der Waals surface area contributed by atoms with E-state index in [-0.39, 0.29) is 11.5 Å². The summed E-state index contributed by atoms with van der Waals surface area (Å²) in [6, 6.07) is 7.65. The molecule has 0 saturated carbocycles. The number of urea groups is 1. The van der Waals surface area contributed by atoms with Gasteiger partial charge in [0.05, 0.1) is 17.5 Å². The normalized spacial score (nSPS) is 22.9. The van der Waals surface area contributed by atoms with Gasteiger partial charge in [-0.3, -0.25) is 14.5 Å². The van der Waals surface area contributed by atoms with Gasteiger partial charge in [-0.05, 0) is 31.4 Å². The summed E-state index contributed by atoms with van der Waals surface area (Å²) in [6.45, 7) is 3.21. The lowest BCUT2D eigenvalue weighted by Crippen LogP contribution is -2.49. The van der Waals surface area contributed by atoms with Crippen LogP contribution in [0.1, 0.15) is 33.1 Å². The van der Waals surface area contributed by atoms with E-state index in [0.717, 1.165) is 4.90 Å². The topological polar surface area (TPSA) is 104 Å². The maximum atomic E-state index is 13.1. The Labute approximate surface area is 164 Å². The number of hydrogen-bond acceptors (Lipinski definition) is 5. The van der Waals surface area contributed by atoms with Crippen LogP contribution in [0, 0.1) is 0 Å². The summed E-state index contributed by atoms with van der Waals surface area (Å²) in [4.78, 5) is 40.7. The number of anilines is 1. The quantitative estimate of drug-likeness (QED) is 0.716. The number of amides is 4. The van der Waals surface area contributed by atoms with Crippen LogP contribution in [0.3, 0.4) is 0 Å². The summed E-state index contributed by atoms with van der Waals surface area (Å²) in [5.74, 6) is -0.990. The third-order valence-corrected chi connectivity index (χ3v) is 7.37. The number of imide groups is 1. The van der Waals surface area contributed by atoms with Gasteiger partial charge in [0.2, 0.25) is 5.91 Å². The van der Waals surface area contributed by atoms with Crippen molar-refractivity contribution in [2.45, 2.75) is 44.7 Å². The number of nitrogens with zero attached hydrogens (tertiary/aromatic N) is 2. The van der Waals surface area contributed by atoms with Crippen molar-refractivity contribution in [3.63, 3.8) is 0 Å². The molecule has 8 nitrogen and oxygen atoms in total. The lowest BCUT2D eigenvalue weighted by atomic mass is 9.93. The number of carbonyl (C=O) groups excluding carboxylic acids is 3. The molecule has 2 aliphatic heterocycles. The van der Waals surface area contributed by atoms with Gasteiger partial charge in [0.25, 0.3) is 5.91 Å². The van der Waals surface area contributed by atoms with E-state index in [1.807, 2.05) is 13.8 Å². The maximum Gasteiger partial charge on any atom is 0.325 e. The second kappa shape index (κ2) is 7.54. The van der Waals surface area contributed by atoms with Gasteiger partial charge in [0.15, 0.2) is 9.84 Å². The molecule has 0 aromatic heterocycles. The number of benzene rings is 1. The third kappa shape index (κ3) is 3.63. The second-order valence-electron chi connectivity index (χ2n) is 7.27. The van der Waals surface area contributed by atoms with Crippen LogP contribution in [-0.4, -0.2) is 60.8 Å². The van der Waals surface area contributed by atoms with E-state index in [2.05, 4.69) is 5.32 Å². The molecule has 1 atom stereocenters. The van der Waals surface area contributed by atoms with Crippen LogP contribution in [0.4, 0.5) is 10.5 Å². The van der Waals surface area contributed by atoms with Crippen LogP contribution >= 0.6 is 0 Å². The van der Waals surface area contributed by atoms with E-state index in [9.17, 15) is 22.8 Å². The Morgan fingerprint density at radius 1 is 1.21 bits per heavy atom. The highest BCUT2D eigenvalue weighted by molar-refractivity contribution is 7.91. The first-order valence-corrected chi connectivity index (χ1v) is 11.3. The molecule has 2 saturated heterocycles. The molecule has 4 amide bonds. The van der Waals surface area contributed by atoms with Crippen LogP contribution in [0.2, 0.25) is 0 Å². The SMILES string of the molecule is CCC1(CC)NC(=O)N(CC(=O)N(c2ccccc2)[C@@H]2CCS(=O)(=O)C2)C1=O. The van der Waals surface area contributed by atoms with Crippen LogP contribution in [0.5, 0.6) is 0 Å². The van der Waals surface area contributed by atoms with Crippen molar-refractivity contribution in [1.82, 2.24) is 10.2 Å². The summed E-state index contributed by atoms with van der Waals surface area (Å²) in [6.07, 6.45) is 1.20. The molecule has 0 bridgehead atoms. The average Bonchev–Trinajstić information content (AvgIpc) is 3.14. The van der Waals surface area contributed by atoms with E-state index in [1.165, 1.54) is 4.90 Å². The van der Waals surface area contributed by atoms with Gasteiger partial charge >= 0.3 is 6.03 Å². The molecule has 152 valence electrons. The number of para-hydroxylation sites is 1.